The van der Waals surface area contributed by atoms with E-state index in [0.717, 1.165) is 17.3 Å². The first-order valence-corrected chi connectivity index (χ1v) is 5.61. The largest absolute Gasteiger partial charge is 0.321 e. The number of anilines is 2. The molecule has 1 aromatic heterocycles. The molecule has 2 rings (SSSR count). The molecule has 4 nitrogen and oxygen atoms in total. The number of hydrogen-bond donors (Lipinski definition) is 0. The Morgan fingerprint density at radius 2 is 1.75 bits per heavy atom. The number of nitrogens with zero attached hydrogens (tertiary/aromatic N) is 4. The fourth-order valence-electron chi connectivity index (χ4n) is 2.17. The van der Waals surface area contributed by atoms with Crippen LogP contribution in [0.25, 0.3) is 0 Å². The second-order valence-electron chi connectivity index (χ2n) is 4.58. The number of rotatable bonds is 2. The Morgan fingerprint density at radius 3 is 2.31 bits per heavy atom. The molecule has 0 radical (unpaired) electrons. The lowest BCUT2D eigenvalue weighted by Crippen LogP contribution is -2.35. The highest BCUT2D eigenvalue weighted by molar-refractivity contribution is 5.78. The van der Waals surface area contributed by atoms with E-state index in [0.29, 0.717) is 12.1 Å². The third kappa shape index (κ3) is 1.45. The van der Waals surface area contributed by atoms with Crippen LogP contribution in [0.4, 0.5) is 11.5 Å². The molecule has 86 valence electrons. The summed E-state index contributed by atoms with van der Waals surface area (Å²) in [6, 6.07) is 0.714. The summed E-state index contributed by atoms with van der Waals surface area (Å²) >= 11 is 0. The van der Waals surface area contributed by atoms with E-state index in [-0.39, 0.29) is 0 Å². The Bertz CT molecular complexity index is 374. The molecular formula is C12H18N4. The molecule has 0 aromatic carbocycles. The van der Waals surface area contributed by atoms with Crippen LogP contribution in [0.15, 0.2) is 24.9 Å². The first-order chi connectivity index (χ1) is 7.54. The minimum atomic E-state index is 0.352. The molecule has 0 bridgehead atoms. The summed E-state index contributed by atoms with van der Waals surface area (Å²) in [5, 5.41) is 0. The van der Waals surface area contributed by atoms with Crippen LogP contribution >= 0.6 is 0 Å². The Morgan fingerprint density at radius 1 is 1.12 bits per heavy atom. The zero-order valence-electron chi connectivity index (χ0n) is 10.3. The molecule has 1 aromatic rings. The van der Waals surface area contributed by atoms with E-state index < -0.39 is 0 Å². The minimum Gasteiger partial charge on any atom is -0.321 e. The van der Waals surface area contributed by atoms with Crippen molar-refractivity contribution in [2.45, 2.75) is 39.8 Å². The van der Waals surface area contributed by atoms with E-state index in [4.69, 9.17) is 0 Å². The van der Waals surface area contributed by atoms with Crippen molar-refractivity contribution in [2.75, 3.05) is 9.80 Å². The van der Waals surface area contributed by atoms with Gasteiger partial charge in [-0.3, -0.25) is 0 Å². The Kier molecular flexibility index (Phi) is 2.58. The SMILES string of the molecule is C=C1N(C(C)C)c2cncnc2N1C(C)C. The van der Waals surface area contributed by atoms with Crippen molar-refractivity contribution in [3.8, 4) is 0 Å². The van der Waals surface area contributed by atoms with Crippen molar-refractivity contribution in [3.63, 3.8) is 0 Å². The van der Waals surface area contributed by atoms with Crippen LogP contribution in [0.5, 0.6) is 0 Å². The third-order valence-electron chi connectivity index (χ3n) is 2.75. The predicted octanol–water partition coefficient (Wildman–Crippen LogP) is 2.39. The van der Waals surface area contributed by atoms with E-state index in [2.05, 4.69) is 54.0 Å². The maximum atomic E-state index is 4.36. The van der Waals surface area contributed by atoms with Crippen molar-refractivity contribution in [1.29, 1.82) is 0 Å². The van der Waals surface area contributed by atoms with Gasteiger partial charge in [-0.15, -0.1) is 0 Å². The smallest absolute Gasteiger partial charge is 0.161 e. The Hall–Kier alpha value is -1.58. The van der Waals surface area contributed by atoms with Crippen LogP contribution < -0.4 is 9.80 Å². The molecule has 1 aliphatic rings. The highest BCUT2D eigenvalue weighted by Crippen LogP contribution is 2.40. The third-order valence-corrected chi connectivity index (χ3v) is 2.75. The number of aromatic nitrogens is 2. The molecule has 16 heavy (non-hydrogen) atoms. The van der Waals surface area contributed by atoms with Crippen LogP contribution in [0.2, 0.25) is 0 Å². The molecule has 4 heteroatoms. The zero-order chi connectivity index (χ0) is 11.9. The van der Waals surface area contributed by atoms with Crippen LogP contribution in [0.1, 0.15) is 27.7 Å². The van der Waals surface area contributed by atoms with Gasteiger partial charge in [0.1, 0.15) is 17.8 Å². The van der Waals surface area contributed by atoms with Gasteiger partial charge >= 0.3 is 0 Å². The fourth-order valence-corrected chi connectivity index (χ4v) is 2.17. The van der Waals surface area contributed by atoms with Gasteiger partial charge in [0.05, 0.1) is 6.20 Å². The minimum absolute atomic E-state index is 0.352. The maximum absolute atomic E-state index is 4.36. The maximum Gasteiger partial charge on any atom is 0.161 e. The van der Waals surface area contributed by atoms with Crippen molar-refractivity contribution in [2.24, 2.45) is 0 Å². The number of fused-ring (bicyclic) bond motifs is 1. The first-order valence-electron chi connectivity index (χ1n) is 5.61. The molecule has 1 aliphatic heterocycles. The molecular weight excluding hydrogens is 200 g/mol. The van der Waals surface area contributed by atoms with Crippen molar-refractivity contribution in [1.82, 2.24) is 9.97 Å². The zero-order valence-corrected chi connectivity index (χ0v) is 10.3. The molecule has 0 saturated carbocycles. The van der Waals surface area contributed by atoms with E-state index in [1.807, 2.05) is 6.20 Å². The summed E-state index contributed by atoms with van der Waals surface area (Å²) < 4.78 is 0. The van der Waals surface area contributed by atoms with E-state index in [1.165, 1.54) is 0 Å². The standard InChI is InChI=1S/C12H18N4/c1-8(2)15-10(5)16(9(3)4)12-11(15)6-13-7-14-12/h6-9H,5H2,1-4H3. The second-order valence-corrected chi connectivity index (χ2v) is 4.58. The summed E-state index contributed by atoms with van der Waals surface area (Å²) in [4.78, 5) is 12.8. The van der Waals surface area contributed by atoms with Gasteiger partial charge in [0, 0.05) is 12.1 Å². The lowest BCUT2D eigenvalue weighted by Gasteiger charge is -2.28. The van der Waals surface area contributed by atoms with Gasteiger partial charge in [-0.05, 0) is 27.7 Å². The fraction of sp³-hybridized carbons (Fsp3) is 0.500. The van der Waals surface area contributed by atoms with Gasteiger partial charge in [-0.2, -0.15) is 0 Å². The van der Waals surface area contributed by atoms with Gasteiger partial charge in [-0.1, -0.05) is 6.58 Å². The molecule has 0 atom stereocenters. The molecule has 0 aliphatic carbocycles. The van der Waals surface area contributed by atoms with Crippen LogP contribution in [0, 0.1) is 0 Å². The topological polar surface area (TPSA) is 32.3 Å². The molecule has 0 saturated heterocycles. The normalized spacial score (nSPS) is 15.2. The summed E-state index contributed by atoms with van der Waals surface area (Å²) in [6.45, 7) is 12.7. The van der Waals surface area contributed by atoms with Crippen LogP contribution in [-0.2, 0) is 0 Å². The van der Waals surface area contributed by atoms with Gasteiger partial charge in [0.2, 0.25) is 0 Å². The van der Waals surface area contributed by atoms with E-state index in [9.17, 15) is 0 Å². The predicted molar refractivity (Wildman–Crippen MR) is 66.4 cm³/mol. The van der Waals surface area contributed by atoms with Crippen molar-refractivity contribution >= 4 is 11.5 Å². The quantitative estimate of drug-likeness (QED) is 0.763. The van der Waals surface area contributed by atoms with Gasteiger partial charge in [0.15, 0.2) is 5.82 Å². The highest BCUT2D eigenvalue weighted by Gasteiger charge is 2.34. The van der Waals surface area contributed by atoms with Crippen molar-refractivity contribution in [3.05, 3.63) is 24.9 Å². The highest BCUT2D eigenvalue weighted by atomic mass is 15.4. The van der Waals surface area contributed by atoms with Gasteiger partial charge in [0.25, 0.3) is 0 Å². The molecule has 0 N–H and O–H groups in total. The average Bonchev–Trinajstić information content (AvgIpc) is 2.49. The summed E-state index contributed by atoms with van der Waals surface area (Å²) in [5.41, 5.74) is 1.05. The summed E-state index contributed by atoms with van der Waals surface area (Å²) in [5.74, 6) is 1.95. The second kappa shape index (κ2) is 3.77. The molecule has 2 heterocycles. The summed E-state index contributed by atoms with van der Waals surface area (Å²) in [7, 11) is 0. The number of hydrogen-bond acceptors (Lipinski definition) is 4. The Balaban J connectivity index is 2.53. The van der Waals surface area contributed by atoms with Crippen LogP contribution in [-0.4, -0.2) is 22.1 Å². The van der Waals surface area contributed by atoms with Crippen LogP contribution in [0.3, 0.4) is 0 Å². The lowest BCUT2D eigenvalue weighted by atomic mass is 10.3. The monoisotopic (exact) mass is 218 g/mol. The molecule has 0 unspecified atom stereocenters. The van der Waals surface area contributed by atoms with Gasteiger partial charge < -0.3 is 9.80 Å². The van der Waals surface area contributed by atoms with Gasteiger partial charge in [-0.25, -0.2) is 9.97 Å². The average molecular weight is 218 g/mol. The van der Waals surface area contributed by atoms with E-state index >= 15 is 0 Å². The molecule has 0 amide bonds. The van der Waals surface area contributed by atoms with Crippen molar-refractivity contribution < 1.29 is 0 Å². The lowest BCUT2D eigenvalue weighted by molar-refractivity contribution is 0.704. The van der Waals surface area contributed by atoms with E-state index in [1.54, 1.807) is 6.33 Å². The summed E-state index contributed by atoms with van der Waals surface area (Å²) in [6.07, 6.45) is 3.45. The molecule has 0 fully saturated rings. The first kappa shape index (κ1) is 10.9. The molecule has 0 spiro atoms. The Labute approximate surface area is 96.6 Å².